The maximum Gasteiger partial charge on any atom is 0.333 e. The van der Waals surface area contributed by atoms with Gasteiger partial charge in [0, 0.05) is 4.90 Å². The van der Waals surface area contributed by atoms with Crippen LogP contribution in [0.1, 0.15) is 5.56 Å². The Kier molecular flexibility index (Phi) is 3.98. The van der Waals surface area contributed by atoms with E-state index in [-0.39, 0.29) is 11.6 Å². The Morgan fingerprint density at radius 2 is 1.68 bits per heavy atom. The highest BCUT2D eigenvalue weighted by atomic mass is 32.2. The summed E-state index contributed by atoms with van der Waals surface area (Å²) in [6, 6.07) is 16.3. The third kappa shape index (κ3) is 2.76. The number of carbonyl (C=O) groups is 2. The average molecular weight is 310 g/mol. The maximum absolute atomic E-state index is 12.4. The van der Waals surface area contributed by atoms with Gasteiger partial charge in [-0.2, -0.15) is 0 Å². The summed E-state index contributed by atoms with van der Waals surface area (Å²) in [4.78, 5) is 26.7. The molecule has 1 saturated heterocycles. The zero-order valence-corrected chi connectivity index (χ0v) is 12.8. The molecule has 1 N–H and O–H groups in total. The van der Waals surface area contributed by atoms with Crippen LogP contribution in [0, 0.1) is 0 Å². The van der Waals surface area contributed by atoms with Crippen LogP contribution < -0.4 is 10.2 Å². The molecule has 4 nitrogen and oxygen atoms in total. The first-order valence-corrected chi connectivity index (χ1v) is 7.98. The number of thioether (sulfide) groups is 1. The van der Waals surface area contributed by atoms with Gasteiger partial charge in [-0.1, -0.05) is 30.3 Å². The first kappa shape index (κ1) is 14.4. The molecule has 0 aliphatic carbocycles. The Balaban J connectivity index is 1.88. The van der Waals surface area contributed by atoms with Crippen molar-refractivity contribution in [2.24, 2.45) is 0 Å². The monoisotopic (exact) mass is 310 g/mol. The normalized spacial score (nSPS) is 16.2. The van der Waals surface area contributed by atoms with Crippen LogP contribution in [0.25, 0.3) is 6.08 Å². The molecule has 0 spiro atoms. The van der Waals surface area contributed by atoms with E-state index in [1.807, 2.05) is 36.6 Å². The SMILES string of the molecule is CSc1ccc(C=C2NC(=O)N(c3ccccc3)C2=O)cc1. The number of imide groups is 1. The van der Waals surface area contributed by atoms with Gasteiger partial charge >= 0.3 is 6.03 Å². The minimum absolute atomic E-state index is 0.283. The van der Waals surface area contributed by atoms with E-state index >= 15 is 0 Å². The summed E-state index contributed by atoms with van der Waals surface area (Å²) in [5.41, 5.74) is 1.72. The van der Waals surface area contributed by atoms with Crippen molar-refractivity contribution in [1.29, 1.82) is 0 Å². The fourth-order valence-electron chi connectivity index (χ4n) is 2.21. The highest BCUT2D eigenvalue weighted by molar-refractivity contribution is 7.98. The Bertz CT molecular complexity index is 739. The number of benzene rings is 2. The topological polar surface area (TPSA) is 49.4 Å². The van der Waals surface area contributed by atoms with Crippen molar-refractivity contribution in [1.82, 2.24) is 5.32 Å². The number of carbonyl (C=O) groups excluding carboxylic acids is 2. The minimum Gasteiger partial charge on any atom is -0.302 e. The van der Waals surface area contributed by atoms with Crippen LogP contribution in [0.15, 0.2) is 65.2 Å². The number of nitrogens with one attached hydrogen (secondary N) is 1. The third-order valence-electron chi connectivity index (χ3n) is 3.32. The number of hydrogen-bond acceptors (Lipinski definition) is 3. The van der Waals surface area contributed by atoms with Crippen LogP contribution in [-0.2, 0) is 4.79 Å². The molecule has 1 heterocycles. The van der Waals surface area contributed by atoms with Crippen molar-refractivity contribution in [2.75, 3.05) is 11.2 Å². The number of nitrogens with zero attached hydrogens (tertiary/aromatic N) is 1. The molecule has 0 unspecified atom stereocenters. The molecule has 3 amide bonds. The summed E-state index contributed by atoms with van der Waals surface area (Å²) in [6.07, 6.45) is 3.69. The molecule has 110 valence electrons. The summed E-state index contributed by atoms with van der Waals surface area (Å²) in [5.74, 6) is -0.342. The number of amides is 3. The van der Waals surface area contributed by atoms with E-state index in [1.54, 1.807) is 42.1 Å². The Morgan fingerprint density at radius 1 is 1.00 bits per heavy atom. The Morgan fingerprint density at radius 3 is 2.32 bits per heavy atom. The molecule has 0 radical (unpaired) electrons. The van der Waals surface area contributed by atoms with Crippen LogP contribution in [-0.4, -0.2) is 18.2 Å². The number of urea groups is 1. The van der Waals surface area contributed by atoms with Gasteiger partial charge in [0.2, 0.25) is 0 Å². The van der Waals surface area contributed by atoms with Gasteiger partial charge in [0.05, 0.1) is 5.69 Å². The van der Waals surface area contributed by atoms with Gasteiger partial charge in [-0.25, -0.2) is 9.69 Å². The summed E-state index contributed by atoms with van der Waals surface area (Å²) < 4.78 is 0. The second-order valence-corrected chi connectivity index (χ2v) is 5.62. The lowest BCUT2D eigenvalue weighted by atomic mass is 10.2. The van der Waals surface area contributed by atoms with Crippen LogP contribution in [0.2, 0.25) is 0 Å². The van der Waals surface area contributed by atoms with Crippen molar-refractivity contribution < 1.29 is 9.59 Å². The van der Waals surface area contributed by atoms with E-state index in [0.29, 0.717) is 5.69 Å². The quantitative estimate of drug-likeness (QED) is 0.536. The highest BCUT2D eigenvalue weighted by Crippen LogP contribution is 2.22. The lowest BCUT2D eigenvalue weighted by Crippen LogP contribution is -2.30. The molecule has 2 aromatic rings. The van der Waals surface area contributed by atoms with Gasteiger partial charge in [0.1, 0.15) is 5.70 Å². The molecule has 1 fully saturated rings. The van der Waals surface area contributed by atoms with Crippen molar-refractivity contribution in [2.45, 2.75) is 4.90 Å². The van der Waals surface area contributed by atoms with E-state index in [1.165, 1.54) is 0 Å². The van der Waals surface area contributed by atoms with Crippen molar-refractivity contribution in [3.63, 3.8) is 0 Å². The van der Waals surface area contributed by atoms with Gasteiger partial charge in [0.25, 0.3) is 5.91 Å². The Labute approximate surface area is 132 Å². The van der Waals surface area contributed by atoms with Crippen LogP contribution in [0.4, 0.5) is 10.5 Å². The molecule has 0 aromatic heterocycles. The van der Waals surface area contributed by atoms with E-state index in [4.69, 9.17) is 0 Å². The molecular formula is C17H14N2O2S. The second kappa shape index (κ2) is 6.07. The summed E-state index contributed by atoms with van der Waals surface area (Å²) >= 11 is 1.65. The predicted molar refractivity (Wildman–Crippen MR) is 88.7 cm³/mol. The zero-order chi connectivity index (χ0) is 15.5. The minimum atomic E-state index is -0.428. The summed E-state index contributed by atoms with van der Waals surface area (Å²) in [7, 11) is 0. The first-order chi connectivity index (χ1) is 10.7. The molecule has 3 rings (SSSR count). The summed E-state index contributed by atoms with van der Waals surface area (Å²) in [5, 5.41) is 2.62. The van der Waals surface area contributed by atoms with Crippen LogP contribution >= 0.6 is 11.8 Å². The van der Waals surface area contributed by atoms with E-state index in [9.17, 15) is 9.59 Å². The number of rotatable bonds is 3. The van der Waals surface area contributed by atoms with Gasteiger partial charge in [-0.05, 0) is 42.2 Å². The molecule has 2 aromatic carbocycles. The van der Waals surface area contributed by atoms with E-state index in [2.05, 4.69) is 5.32 Å². The zero-order valence-electron chi connectivity index (χ0n) is 11.9. The molecule has 0 bridgehead atoms. The second-order valence-electron chi connectivity index (χ2n) is 4.74. The van der Waals surface area contributed by atoms with Crippen LogP contribution in [0.5, 0.6) is 0 Å². The smallest absolute Gasteiger partial charge is 0.302 e. The molecule has 0 saturated carbocycles. The first-order valence-electron chi connectivity index (χ1n) is 6.75. The van der Waals surface area contributed by atoms with Crippen molar-refractivity contribution >= 4 is 35.5 Å². The molecule has 5 heteroatoms. The average Bonchev–Trinajstić information content (AvgIpc) is 2.83. The Hall–Kier alpha value is -2.53. The largest absolute Gasteiger partial charge is 0.333 e. The fraction of sp³-hybridized carbons (Fsp3) is 0.0588. The lowest BCUT2D eigenvalue weighted by molar-refractivity contribution is -0.113. The molecule has 22 heavy (non-hydrogen) atoms. The van der Waals surface area contributed by atoms with Gasteiger partial charge < -0.3 is 5.32 Å². The fourth-order valence-corrected chi connectivity index (χ4v) is 2.62. The summed E-state index contributed by atoms with van der Waals surface area (Å²) in [6.45, 7) is 0. The molecule has 0 atom stereocenters. The number of para-hydroxylation sites is 1. The van der Waals surface area contributed by atoms with Gasteiger partial charge in [-0.3, -0.25) is 4.79 Å². The predicted octanol–water partition coefficient (Wildman–Crippen LogP) is 3.51. The lowest BCUT2D eigenvalue weighted by Gasteiger charge is -2.10. The molecular weight excluding hydrogens is 296 g/mol. The van der Waals surface area contributed by atoms with Crippen LogP contribution in [0.3, 0.4) is 0 Å². The standard InChI is InChI=1S/C17H14N2O2S/c1-22-14-9-7-12(8-10-14)11-15-16(20)19(17(21)18-15)13-5-3-2-4-6-13/h2-11H,1H3,(H,18,21). The number of anilines is 1. The molecule has 1 aliphatic heterocycles. The van der Waals surface area contributed by atoms with Gasteiger partial charge in [0.15, 0.2) is 0 Å². The van der Waals surface area contributed by atoms with E-state index in [0.717, 1.165) is 15.4 Å². The van der Waals surface area contributed by atoms with E-state index < -0.39 is 6.03 Å². The van der Waals surface area contributed by atoms with Gasteiger partial charge in [-0.15, -0.1) is 11.8 Å². The maximum atomic E-state index is 12.4. The highest BCUT2D eigenvalue weighted by Gasteiger charge is 2.34. The van der Waals surface area contributed by atoms with Crippen molar-refractivity contribution in [3.8, 4) is 0 Å². The van der Waals surface area contributed by atoms with Crippen molar-refractivity contribution in [3.05, 3.63) is 65.9 Å². The number of hydrogen-bond donors (Lipinski definition) is 1. The molecule has 1 aliphatic rings. The third-order valence-corrected chi connectivity index (χ3v) is 4.06.